The van der Waals surface area contributed by atoms with E-state index < -0.39 is 5.97 Å². The molecule has 82 valence electrons. The number of carboxylic acids is 1. The number of hydrogen-bond donors (Lipinski definition) is 2. The minimum atomic E-state index is -0.841. The minimum Gasteiger partial charge on any atom is -0.481 e. The first-order chi connectivity index (χ1) is 7.13. The van der Waals surface area contributed by atoms with Crippen molar-refractivity contribution in [3.63, 3.8) is 0 Å². The van der Waals surface area contributed by atoms with Crippen molar-refractivity contribution in [3.8, 4) is 5.88 Å². The van der Waals surface area contributed by atoms with E-state index in [-0.39, 0.29) is 12.5 Å². The van der Waals surface area contributed by atoms with Gasteiger partial charge in [0, 0.05) is 24.7 Å². The summed E-state index contributed by atoms with van der Waals surface area (Å²) in [6, 6.07) is 3.20. The molecule has 1 rings (SSSR count). The van der Waals surface area contributed by atoms with Gasteiger partial charge in [-0.2, -0.15) is 0 Å². The van der Waals surface area contributed by atoms with Crippen molar-refractivity contribution in [1.82, 2.24) is 4.98 Å². The monoisotopic (exact) mass is 210 g/mol. The Labute approximate surface area is 87.9 Å². The van der Waals surface area contributed by atoms with Gasteiger partial charge in [0.15, 0.2) is 0 Å². The topological polar surface area (TPSA) is 85.4 Å². The molecular formula is C10H14N2O3. The van der Waals surface area contributed by atoms with E-state index in [0.29, 0.717) is 12.3 Å². The van der Waals surface area contributed by atoms with Crippen LogP contribution >= 0.6 is 0 Å². The standard InChI is InChI=1S/C10H14N2O3/c1-15-9-4-2-7(6-12-9)8(11)3-5-10(13)14/h2,4,6,8H,3,5,11H2,1H3,(H,13,14). The van der Waals surface area contributed by atoms with Crippen LogP contribution in [0.25, 0.3) is 0 Å². The second-order valence-corrected chi connectivity index (χ2v) is 3.17. The van der Waals surface area contributed by atoms with E-state index in [4.69, 9.17) is 15.6 Å². The Kier molecular flexibility index (Phi) is 4.05. The van der Waals surface area contributed by atoms with Crippen LogP contribution in [0.2, 0.25) is 0 Å². The first-order valence-electron chi connectivity index (χ1n) is 4.61. The number of carbonyl (C=O) groups is 1. The number of ether oxygens (including phenoxy) is 1. The molecule has 5 heteroatoms. The van der Waals surface area contributed by atoms with Crippen molar-refractivity contribution in [2.45, 2.75) is 18.9 Å². The first kappa shape index (κ1) is 11.5. The normalized spacial score (nSPS) is 12.1. The molecule has 5 nitrogen and oxygen atoms in total. The summed E-state index contributed by atoms with van der Waals surface area (Å²) in [5, 5.41) is 8.50. The number of pyridine rings is 1. The first-order valence-corrected chi connectivity index (χ1v) is 4.61. The van der Waals surface area contributed by atoms with Gasteiger partial charge in [0.05, 0.1) is 7.11 Å². The lowest BCUT2D eigenvalue weighted by molar-refractivity contribution is -0.137. The lowest BCUT2D eigenvalue weighted by Crippen LogP contribution is -2.12. The van der Waals surface area contributed by atoms with Gasteiger partial charge in [-0.05, 0) is 12.0 Å². The summed E-state index contributed by atoms with van der Waals surface area (Å²) in [4.78, 5) is 14.3. The number of aromatic nitrogens is 1. The van der Waals surface area contributed by atoms with Crippen LogP contribution < -0.4 is 10.5 Å². The molecule has 0 aromatic carbocycles. The quantitative estimate of drug-likeness (QED) is 0.755. The highest BCUT2D eigenvalue weighted by molar-refractivity contribution is 5.66. The van der Waals surface area contributed by atoms with E-state index in [9.17, 15) is 4.79 Å². The average Bonchev–Trinajstić information content (AvgIpc) is 2.26. The minimum absolute atomic E-state index is 0.0627. The molecule has 0 saturated carbocycles. The lowest BCUT2D eigenvalue weighted by Gasteiger charge is -2.10. The van der Waals surface area contributed by atoms with Gasteiger partial charge >= 0.3 is 5.97 Å². The molecular weight excluding hydrogens is 196 g/mol. The summed E-state index contributed by atoms with van der Waals surface area (Å²) < 4.78 is 4.90. The number of methoxy groups -OCH3 is 1. The molecule has 0 aliphatic carbocycles. The Morgan fingerprint density at radius 2 is 2.40 bits per heavy atom. The van der Waals surface area contributed by atoms with Gasteiger partial charge in [-0.1, -0.05) is 6.07 Å². The lowest BCUT2D eigenvalue weighted by atomic mass is 10.1. The zero-order valence-corrected chi connectivity index (χ0v) is 8.51. The number of carboxylic acid groups (broad SMARTS) is 1. The smallest absolute Gasteiger partial charge is 0.303 e. The molecule has 1 unspecified atom stereocenters. The van der Waals surface area contributed by atoms with Crippen LogP contribution in [-0.2, 0) is 4.79 Å². The third-order valence-corrected chi connectivity index (χ3v) is 2.07. The molecule has 1 aromatic rings. The maximum Gasteiger partial charge on any atom is 0.303 e. The zero-order valence-electron chi connectivity index (χ0n) is 8.51. The Hall–Kier alpha value is -1.62. The zero-order chi connectivity index (χ0) is 11.3. The van der Waals surface area contributed by atoms with Gasteiger partial charge in [0.2, 0.25) is 5.88 Å². The molecule has 0 saturated heterocycles. The van der Waals surface area contributed by atoms with Gasteiger partial charge < -0.3 is 15.6 Å². The number of nitrogens with zero attached hydrogens (tertiary/aromatic N) is 1. The van der Waals surface area contributed by atoms with Crippen LogP contribution in [0.5, 0.6) is 5.88 Å². The van der Waals surface area contributed by atoms with Crippen molar-refractivity contribution in [2.24, 2.45) is 5.73 Å². The van der Waals surface area contributed by atoms with E-state index in [1.807, 2.05) is 0 Å². The fourth-order valence-corrected chi connectivity index (χ4v) is 1.18. The Morgan fingerprint density at radius 1 is 1.67 bits per heavy atom. The van der Waals surface area contributed by atoms with Gasteiger partial charge in [0.25, 0.3) is 0 Å². The van der Waals surface area contributed by atoms with Gasteiger partial charge in [0.1, 0.15) is 0 Å². The fourth-order valence-electron chi connectivity index (χ4n) is 1.18. The average molecular weight is 210 g/mol. The fraction of sp³-hybridized carbons (Fsp3) is 0.400. The van der Waals surface area contributed by atoms with Gasteiger partial charge in [-0.15, -0.1) is 0 Å². The maximum atomic E-state index is 10.3. The van der Waals surface area contributed by atoms with Crippen LogP contribution in [-0.4, -0.2) is 23.2 Å². The molecule has 0 aliphatic rings. The summed E-state index contributed by atoms with van der Waals surface area (Å²) in [6.45, 7) is 0. The molecule has 1 aromatic heterocycles. The molecule has 0 aliphatic heterocycles. The van der Waals surface area contributed by atoms with E-state index >= 15 is 0 Å². The predicted molar refractivity (Wildman–Crippen MR) is 54.6 cm³/mol. The van der Waals surface area contributed by atoms with Crippen LogP contribution in [0, 0.1) is 0 Å². The number of hydrogen-bond acceptors (Lipinski definition) is 4. The van der Waals surface area contributed by atoms with Crippen LogP contribution in [0.4, 0.5) is 0 Å². The van der Waals surface area contributed by atoms with E-state index in [1.54, 1.807) is 18.3 Å². The summed E-state index contributed by atoms with van der Waals surface area (Å²) in [5.41, 5.74) is 6.61. The molecule has 0 bridgehead atoms. The van der Waals surface area contributed by atoms with Crippen LogP contribution in [0.15, 0.2) is 18.3 Å². The molecule has 15 heavy (non-hydrogen) atoms. The van der Waals surface area contributed by atoms with Gasteiger partial charge in [-0.25, -0.2) is 4.98 Å². The summed E-state index contributed by atoms with van der Waals surface area (Å²) in [7, 11) is 1.53. The Morgan fingerprint density at radius 3 is 2.87 bits per heavy atom. The maximum absolute atomic E-state index is 10.3. The third kappa shape index (κ3) is 3.55. The number of nitrogens with two attached hydrogens (primary N) is 1. The van der Waals surface area contributed by atoms with Crippen LogP contribution in [0.3, 0.4) is 0 Å². The SMILES string of the molecule is COc1ccc(C(N)CCC(=O)O)cn1. The second-order valence-electron chi connectivity index (χ2n) is 3.17. The molecule has 0 amide bonds. The summed E-state index contributed by atoms with van der Waals surface area (Å²) in [5.74, 6) is -0.323. The highest BCUT2D eigenvalue weighted by atomic mass is 16.5. The van der Waals surface area contributed by atoms with Gasteiger partial charge in [-0.3, -0.25) is 4.79 Å². The molecule has 1 heterocycles. The van der Waals surface area contributed by atoms with Crippen molar-refractivity contribution >= 4 is 5.97 Å². The second kappa shape index (κ2) is 5.31. The van der Waals surface area contributed by atoms with Crippen molar-refractivity contribution in [3.05, 3.63) is 23.9 Å². The number of rotatable bonds is 5. The van der Waals surface area contributed by atoms with E-state index in [0.717, 1.165) is 5.56 Å². The highest BCUT2D eigenvalue weighted by Gasteiger charge is 2.08. The molecule has 1 atom stereocenters. The number of aliphatic carboxylic acids is 1. The highest BCUT2D eigenvalue weighted by Crippen LogP contribution is 2.16. The Balaban J connectivity index is 2.57. The molecule has 0 fully saturated rings. The van der Waals surface area contributed by atoms with E-state index in [1.165, 1.54) is 7.11 Å². The molecule has 0 spiro atoms. The van der Waals surface area contributed by atoms with Crippen molar-refractivity contribution in [2.75, 3.05) is 7.11 Å². The predicted octanol–water partition coefficient (Wildman–Crippen LogP) is 0.955. The summed E-state index contributed by atoms with van der Waals surface area (Å²) >= 11 is 0. The van der Waals surface area contributed by atoms with Crippen molar-refractivity contribution < 1.29 is 14.6 Å². The van der Waals surface area contributed by atoms with E-state index in [2.05, 4.69) is 4.98 Å². The third-order valence-electron chi connectivity index (χ3n) is 2.07. The van der Waals surface area contributed by atoms with Crippen molar-refractivity contribution in [1.29, 1.82) is 0 Å². The van der Waals surface area contributed by atoms with Crippen LogP contribution in [0.1, 0.15) is 24.4 Å². The molecule has 0 radical (unpaired) electrons. The molecule has 3 N–H and O–H groups in total. The largest absolute Gasteiger partial charge is 0.481 e. The Bertz CT molecular complexity index is 324. The summed E-state index contributed by atoms with van der Waals surface area (Å²) in [6.07, 6.45) is 2.07.